The summed E-state index contributed by atoms with van der Waals surface area (Å²) in [6.45, 7) is 4.34. The molecule has 1 N–H and O–H groups in total. The molecule has 32 heavy (non-hydrogen) atoms. The van der Waals surface area contributed by atoms with Gasteiger partial charge in [-0.05, 0) is 55.4 Å². The van der Waals surface area contributed by atoms with Gasteiger partial charge >= 0.3 is 5.97 Å². The number of fused-ring (bicyclic) bond motifs is 2. The summed E-state index contributed by atoms with van der Waals surface area (Å²) >= 11 is 1.65. The SMILES string of the molecule is CCc1ccc(O[C@H]2CCC[C@H](C)C2)c2c(C(=O)O)cc(-c3csc4ccccc34)nc12. The lowest BCUT2D eigenvalue weighted by molar-refractivity contribution is 0.0698. The first-order chi connectivity index (χ1) is 15.5. The summed E-state index contributed by atoms with van der Waals surface area (Å²) in [6.07, 6.45) is 5.29. The lowest BCUT2D eigenvalue weighted by Gasteiger charge is -2.28. The van der Waals surface area contributed by atoms with Crippen LogP contribution < -0.4 is 4.74 Å². The number of rotatable bonds is 5. The minimum atomic E-state index is -0.951. The highest BCUT2D eigenvalue weighted by atomic mass is 32.1. The molecule has 1 fully saturated rings. The lowest BCUT2D eigenvalue weighted by Crippen LogP contribution is -2.24. The molecule has 0 spiro atoms. The van der Waals surface area contributed by atoms with Gasteiger partial charge in [-0.2, -0.15) is 0 Å². The molecule has 5 rings (SSSR count). The third-order valence-electron chi connectivity index (χ3n) is 6.56. The van der Waals surface area contributed by atoms with Crippen LogP contribution >= 0.6 is 11.3 Å². The molecule has 0 amide bonds. The van der Waals surface area contributed by atoms with Crippen molar-refractivity contribution in [1.82, 2.24) is 4.98 Å². The van der Waals surface area contributed by atoms with Crippen molar-refractivity contribution in [3.8, 4) is 17.0 Å². The Kier molecular flexibility index (Phi) is 5.60. The second kappa shape index (κ2) is 8.55. The van der Waals surface area contributed by atoms with Crippen molar-refractivity contribution in [3.63, 3.8) is 0 Å². The molecule has 2 aromatic heterocycles. The van der Waals surface area contributed by atoms with E-state index in [-0.39, 0.29) is 11.7 Å². The summed E-state index contributed by atoms with van der Waals surface area (Å²) in [5.74, 6) is 0.321. The van der Waals surface area contributed by atoms with Crippen molar-refractivity contribution in [2.45, 2.75) is 52.1 Å². The Labute approximate surface area is 191 Å². The zero-order valence-corrected chi connectivity index (χ0v) is 19.2. The highest BCUT2D eigenvalue weighted by molar-refractivity contribution is 7.17. The van der Waals surface area contributed by atoms with Gasteiger partial charge in [0, 0.05) is 21.0 Å². The largest absolute Gasteiger partial charge is 0.490 e. The number of pyridine rings is 1. The van der Waals surface area contributed by atoms with E-state index < -0.39 is 5.97 Å². The molecule has 0 bridgehead atoms. The van der Waals surface area contributed by atoms with Gasteiger partial charge in [-0.3, -0.25) is 0 Å². The smallest absolute Gasteiger partial charge is 0.336 e. The molecule has 0 unspecified atom stereocenters. The van der Waals surface area contributed by atoms with Gasteiger partial charge in [0.2, 0.25) is 0 Å². The number of carboxylic acids is 1. The third-order valence-corrected chi connectivity index (χ3v) is 7.52. The Bertz CT molecular complexity index is 1310. The van der Waals surface area contributed by atoms with Crippen LogP contribution in [-0.2, 0) is 6.42 Å². The number of nitrogens with zero attached hydrogens (tertiary/aromatic N) is 1. The topological polar surface area (TPSA) is 59.4 Å². The van der Waals surface area contributed by atoms with Gasteiger partial charge in [0.1, 0.15) is 5.75 Å². The van der Waals surface area contributed by atoms with E-state index in [0.717, 1.165) is 47.7 Å². The van der Waals surface area contributed by atoms with Gasteiger partial charge in [0.05, 0.1) is 28.3 Å². The van der Waals surface area contributed by atoms with E-state index >= 15 is 0 Å². The van der Waals surface area contributed by atoms with E-state index in [0.29, 0.717) is 22.7 Å². The van der Waals surface area contributed by atoms with Gasteiger partial charge in [0.15, 0.2) is 0 Å². The van der Waals surface area contributed by atoms with Crippen LogP contribution in [0.5, 0.6) is 5.75 Å². The molecular weight excluding hydrogens is 418 g/mol. The highest BCUT2D eigenvalue weighted by Gasteiger charge is 2.24. The fourth-order valence-electron chi connectivity index (χ4n) is 4.90. The van der Waals surface area contributed by atoms with E-state index in [1.807, 2.05) is 24.3 Å². The molecule has 0 aliphatic heterocycles. The molecule has 4 nitrogen and oxygen atoms in total. The van der Waals surface area contributed by atoms with Crippen LogP contribution in [-0.4, -0.2) is 22.2 Å². The van der Waals surface area contributed by atoms with Crippen LogP contribution in [0.3, 0.4) is 0 Å². The normalized spacial score (nSPS) is 18.8. The van der Waals surface area contributed by atoms with Gasteiger partial charge in [-0.15, -0.1) is 11.3 Å². The van der Waals surface area contributed by atoms with Crippen LogP contribution in [0.15, 0.2) is 47.8 Å². The van der Waals surface area contributed by atoms with Crippen molar-refractivity contribution in [2.75, 3.05) is 0 Å². The zero-order chi connectivity index (χ0) is 22.2. The molecule has 1 aliphatic rings. The Morgan fingerprint density at radius 3 is 2.84 bits per heavy atom. The Morgan fingerprint density at radius 1 is 1.22 bits per heavy atom. The van der Waals surface area contributed by atoms with E-state index in [2.05, 4.69) is 31.4 Å². The highest BCUT2D eigenvalue weighted by Crippen LogP contribution is 2.39. The number of benzene rings is 2. The Balaban J connectivity index is 1.70. The number of hydrogen-bond acceptors (Lipinski definition) is 4. The fraction of sp³-hybridized carbons (Fsp3) is 0.333. The summed E-state index contributed by atoms with van der Waals surface area (Å²) < 4.78 is 7.60. The Hall–Kier alpha value is -2.92. The lowest BCUT2D eigenvalue weighted by atomic mass is 9.88. The van der Waals surface area contributed by atoms with Crippen molar-refractivity contribution < 1.29 is 14.6 Å². The minimum absolute atomic E-state index is 0.122. The average Bonchev–Trinajstić information content (AvgIpc) is 3.22. The minimum Gasteiger partial charge on any atom is -0.490 e. The quantitative estimate of drug-likeness (QED) is 0.349. The molecule has 2 atom stereocenters. The predicted octanol–water partition coefficient (Wildman–Crippen LogP) is 7.33. The molecule has 0 radical (unpaired) electrons. The van der Waals surface area contributed by atoms with Crippen LogP contribution in [0, 0.1) is 5.92 Å². The maximum Gasteiger partial charge on any atom is 0.336 e. The van der Waals surface area contributed by atoms with Crippen LogP contribution in [0.1, 0.15) is 55.5 Å². The van der Waals surface area contributed by atoms with Gasteiger partial charge in [-0.1, -0.05) is 44.5 Å². The number of carboxylic acid groups (broad SMARTS) is 1. The third kappa shape index (κ3) is 3.75. The standard InChI is InChI=1S/C27H27NO3S/c1-3-17-11-12-23(31-18-8-6-7-16(2)13-18)25-20(27(29)30)14-22(28-26(17)25)21-15-32-24-10-5-4-9-19(21)24/h4-5,9-12,14-16,18H,3,6-8,13H2,1-2H3,(H,29,30)/t16-,18-/m0/s1. The van der Waals surface area contributed by atoms with Crippen LogP contribution in [0.2, 0.25) is 0 Å². The van der Waals surface area contributed by atoms with E-state index in [4.69, 9.17) is 9.72 Å². The molecule has 5 heteroatoms. The van der Waals surface area contributed by atoms with E-state index in [1.165, 1.54) is 11.1 Å². The second-order valence-corrected chi connectivity index (χ2v) is 9.73. The molecule has 4 aromatic rings. The molecule has 1 aliphatic carbocycles. The number of aromatic nitrogens is 1. The number of hydrogen-bond donors (Lipinski definition) is 1. The zero-order valence-electron chi connectivity index (χ0n) is 18.4. The van der Waals surface area contributed by atoms with Gasteiger partial charge in [-0.25, -0.2) is 9.78 Å². The van der Waals surface area contributed by atoms with Crippen LogP contribution in [0.25, 0.3) is 32.2 Å². The van der Waals surface area contributed by atoms with Crippen molar-refractivity contribution >= 4 is 38.3 Å². The monoisotopic (exact) mass is 445 g/mol. The van der Waals surface area contributed by atoms with Gasteiger partial charge in [0.25, 0.3) is 0 Å². The summed E-state index contributed by atoms with van der Waals surface area (Å²) in [4.78, 5) is 17.4. The molecule has 2 aromatic carbocycles. The number of thiophene rings is 1. The molecule has 1 saturated carbocycles. The summed E-state index contributed by atoms with van der Waals surface area (Å²) in [5.41, 5.74) is 3.71. The summed E-state index contributed by atoms with van der Waals surface area (Å²) in [7, 11) is 0. The maximum absolute atomic E-state index is 12.4. The first-order valence-corrected chi connectivity index (χ1v) is 12.3. The maximum atomic E-state index is 12.4. The molecule has 0 saturated heterocycles. The predicted molar refractivity (Wildman–Crippen MR) is 131 cm³/mol. The first kappa shape index (κ1) is 21.0. The average molecular weight is 446 g/mol. The van der Waals surface area contributed by atoms with E-state index in [1.54, 1.807) is 17.4 Å². The second-order valence-electron chi connectivity index (χ2n) is 8.82. The summed E-state index contributed by atoms with van der Waals surface area (Å²) in [6, 6.07) is 13.9. The van der Waals surface area contributed by atoms with Crippen LogP contribution in [0.4, 0.5) is 0 Å². The van der Waals surface area contributed by atoms with E-state index in [9.17, 15) is 9.90 Å². The van der Waals surface area contributed by atoms with Crippen molar-refractivity contribution in [3.05, 3.63) is 59.0 Å². The number of aromatic carboxylic acids is 1. The number of ether oxygens (including phenoxy) is 1. The molecule has 2 heterocycles. The molecular formula is C27H27NO3S. The summed E-state index contributed by atoms with van der Waals surface area (Å²) in [5, 5.41) is 14.0. The van der Waals surface area contributed by atoms with Crippen molar-refractivity contribution in [1.29, 1.82) is 0 Å². The van der Waals surface area contributed by atoms with Gasteiger partial charge < -0.3 is 9.84 Å². The fourth-order valence-corrected chi connectivity index (χ4v) is 5.85. The molecule has 164 valence electrons. The van der Waals surface area contributed by atoms with Crippen molar-refractivity contribution in [2.24, 2.45) is 5.92 Å². The number of aryl methyl sites for hydroxylation is 1. The first-order valence-electron chi connectivity index (χ1n) is 11.4. The number of carbonyl (C=O) groups is 1. The Morgan fingerprint density at radius 2 is 2.06 bits per heavy atom.